The molecule has 1 N–H and O–H groups in total. The molecule has 0 atom stereocenters. The Bertz CT molecular complexity index is 1080. The van der Waals surface area contributed by atoms with Crippen molar-refractivity contribution in [3.63, 3.8) is 0 Å². The molecule has 0 radical (unpaired) electrons. The third-order valence-corrected chi connectivity index (χ3v) is 5.40. The van der Waals surface area contributed by atoms with Gasteiger partial charge in [-0.3, -0.25) is 9.59 Å². The molecule has 0 fully saturated rings. The fourth-order valence-electron chi connectivity index (χ4n) is 3.12. The standard InChI is InChI=1S/C26H27BrN2O3/c1-18(2)17-32-24-14-13-20(15-22(24)27)25(30)28-23-12-8-7-11-21(23)26(31)29(3)16-19-9-5-4-6-10-19/h4-15,18H,16-17H2,1-3H3,(H,28,30). The second-order valence-electron chi connectivity index (χ2n) is 8.00. The van der Waals surface area contributed by atoms with Gasteiger partial charge in [-0.05, 0) is 57.7 Å². The molecule has 0 heterocycles. The molecule has 0 spiro atoms. The van der Waals surface area contributed by atoms with E-state index in [4.69, 9.17) is 4.74 Å². The highest BCUT2D eigenvalue weighted by atomic mass is 79.9. The normalized spacial score (nSPS) is 10.7. The molecule has 6 heteroatoms. The summed E-state index contributed by atoms with van der Waals surface area (Å²) in [5.74, 6) is 0.628. The highest BCUT2D eigenvalue weighted by molar-refractivity contribution is 9.10. The maximum atomic E-state index is 13.1. The third kappa shape index (κ3) is 6.20. The van der Waals surface area contributed by atoms with E-state index in [-0.39, 0.29) is 11.8 Å². The molecule has 3 aromatic rings. The second-order valence-corrected chi connectivity index (χ2v) is 8.85. The quantitative estimate of drug-likeness (QED) is 0.417. The Morgan fingerprint density at radius 3 is 2.38 bits per heavy atom. The van der Waals surface area contributed by atoms with E-state index < -0.39 is 0 Å². The monoisotopic (exact) mass is 494 g/mol. The minimum atomic E-state index is -0.299. The van der Waals surface area contributed by atoms with E-state index in [1.54, 1.807) is 54.4 Å². The number of carbonyl (C=O) groups excluding carboxylic acids is 2. The topological polar surface area (TPSA) is 58.6 Å². The lowest BCUT2D eigenvalue weighted by Crippen LogP contribution is -2.27. The number of hydrogen-bond donors (Lipinski definition) is 1. The molecule has 0 saturated carbocycles. The van der Waals surface area contributed by atoms with Gasteiger partial charge in [0.15, 0.2) is 0 Å². The van der Waals surface area contributed by atoms with Crippen molar-refractivity contribution in [1.29, 1.82) is 0 Å². The number of nitrogens with zero attached hydrogens (tertiary/aromatic N) is 1. The van der Waals surface area contributed by atoms with Crippen LogP contribution in [0.2, 0.25) is 0 Å². The van der Waals surface area contributed by atoms with Crippen LogP contribution >= 0.6 is 15.9 Å². The number of nitrogens with one attached hydrogen (secondary N) is 1. The number of ether oxygens (including phenoxy) is 1. The first-order chi connectivity index (χ1) is 15.3. The molecule has 32 heavy (non-hydrogen) atoms. The lowest BCUT2D eigenvalue weighted by molar-refractivity contribution is 0.0786. The Morgan fingerprint density at radius 2 is 1.69 bits per heavy atom. The molecule has 3 rings (SSSR count). The Labute approximate surface area is 197 Å². The average molecular weight is 495 g/mol. The van der Waals surface area contributed by atoms with Crippen LogP contribution in [0.1, 0.15) is 40.1 Å². The maximum Gasteiger partial charge on any atom is 0.256 e. The Morgan fingerprint density at radius 1 is 1.00 bits per heavy atom. The van der Waals surface area contributed by atoms with Crippen molar-refractivity contribution in [3.8, 4) is 5.75 Å². The number of carbonyl (C=O) groups is 2. The summed E-state index contributed by atoms with van der Waals surface area (Å²) in [6, 6.07) is 22.0. The van der Waals surface area contributed by atoms with Gasteiger partial charge in [-0.2, -0.15) is 0 Å². The highest BCUT2D eigenvalue weighted by Gasteiger charge is 2.18. The lowest BCUT2D eigenvalue weighted by atomic mass is 10.1. The van der Waals surface area contributed by atoms with Crippen LogP contribution in [-0.2, 0) is 6.54 Å². The lowest BCUT2D eigenvalue weighted by Gasteiger charge is -2.19. The van der Waals surface area contributed by atoms with Gasteiger partial charge < -0.3 is 15.0 Å². The smallest absolute Gasteiger partial charge is 0.256 e. The van der Waals surface area contributed by atoms with E-state index in [0.717, 1.165) is 5.56 Å². The van der Waals surface area contributed by atoms with E-state index in [0.29, 0.717) is 46.1 Å². The highest BCUT2D eigenvalue weighted by Crippen LogP contribution is 2.27. The minimum Gasteiger partial charge on any atom is -0.492 e. The van der Waals surface area contributed by atoms with Crippen molar-refractivity contribution >= 4 is 33.4 Å². The summed E-state index contributed by atoms with van der Waals surface area (Å²) >= 11 is 3.47. The van der Waals surface area contributed by atoms with Gasteiger partial charge in [-0.25, -0.2) is 0 Å². The number of benzene rings is 3. The molecule has 3 aromatic carbocycles. The molecule has 0 aliphatic carbocycles. The van der Waals surface area contributed by atoms with Gasteiger partial charge in [0.2, 0.25) is 0 Å². The van der Waals surface area contributed by atoms with Crippen molar-refractivity contribution in [2.75, 3.05) is 19.0 Å². The summed E-state index contributed by atoms with van der Waals surface area (Å²) in [6.07, 6.45) is 0. The predicted molar refractivity (Wildman–Crippen MR) is 131 cm³/mol. The average Bonchev–Trinajstić information content (AvgIpc) is 2.78. The summed E-state index contributed by atoms with van der Waals surface area (Å²) < 4.78 is 6.45. The van der Waals surface area contributed by atoms with E-state index in [1.807, 2.05) is 30.3 Å². The summed E-state index contributed by atoms with van der Waals surface area (Å²) in [7, 11) is 1.75. The SMILES string of the molecule is CC(C)COc1ccc(C(=O)Nc2ccccc2C(=O)N(C)Cc2ccccc2)cc1Br. The third-order valence-electron chi connectivity index (χ3n) is 4.78. The van der Waals surface area contributed by atoms with Crippen LogP contribution in [-0.4, -0.2) is 30.4 Å². The van der Waals surface area contributed by atoms with Crippen molar-refractivity contribution in [2.45, 2.75) is 20.4 Å². The molecule has 0 saturated heterocycles. The Balaban J connectivity index is 1.73. The molecule has 2 amide bonds. The van der Waals surface area contributed by atoms with Crippen LogP contribution in [0.25, 0.3) is 0 Å². The predicted octanol–water partition coefficient (Wildman–Crippen LogP) is 6.01. The fourth-order valence-corrected chi connectivity index (χ4v) is 3.62. The number of anilines is 1. The van der Waals surface area contributed by atoms with Crippen molar-refractivity contribution in [2.24, 2.45) is 5.92 Å². The zero-order valence-electron chi connectivity index (χ0n) is 18.5. The van der Waals surface area contributed by atoms with Crippen LogP contribution in [0.3, 0.4) is 0 Å². The van der Waals surface area contributed by atoms with E-state index in [2.05, 4.69) is 35.1 Å². The molecule has 0 aliphatic rings. The summed E-state index contributed by atoms with van der Waals surface area (Å²) in [6.45, 7) is 5.22. The largest absolute Gasteiger partial charge is 0.492 e. The molecule has 0 aliphatic heterocycles. The first kappa shape index (κ1) is 23.5. The van der Waals surface area contributed by atoms with Crippen molar-refractivity contribution < 1.29 is 14.3 Å². The number of hydrogen-bond acceptors (Lipinski definition) is 3. The van der Waals surface area contributed by atoms with E-state index in [1.165, 1.54) is 0 Å². The summed E-state index contributed by atoms with van der Waals surface area (Å²) in [4.78, 5) is 27.6. The molecule has 0 unspecified atom stereocenters. The first-order valence-corrected chi connectivity index (χ1v) is 11.3. The van der Waals surface area contributed by atoms with Gasteiger partial charge in [-0.1, -0.05) is 56.3 Å². The van der Waals surface area contributed by atoms with Gasteiger partial charge in [0, 0.05) is 19.2 Å². The van der Waals surface area contributed by atoms with Crippen LogP contribution in [0.15, 0.2) is 77.3 Å². The van der Waals surface area contributed by atoms with Crippen LogP contribution < -0.4 is 10.1 Å². The number of halogens is 1. The fraction of sp³-hybridized carbons (Fsp3) is 0.231. The van der Waals surface area contributed by atoms with Gasteiger partial charge in [0.05, 0.1) is 22.3 Å². The van der Waals surface area contributed by atoms with Crippen LogP contribution in [0.5, 0.6) is 5.75 Å². The van der Waals surface area contributed by atoms with Gasteiger partial charge in [0.1, 0.15) is 5.75 Å². The van der Waals surface area contributed by atoms with Gasteiger partial charge in [0.25, 0.3) is 11.8 Å². The number of amides is 2. The number of rotatable bonds is 8. The van der Waals surface area contributed by atoms with Crippen molar-refractivity contribution in [3.05, 3.63) is 94.0 Å². The Kier molecular flexibility index (Phi) is 8.06. The van der Waals surface area contributed by atoms with Gasteiger partial charge >= 0.3 is 0 Å². The molecule has 0 aromatic heterocycles. The van der Waals surface area contributed by atoms with Crippen molar-refractivity contribution in [1.82, 2.24) is 4.90 Å². The summed E-state index contributed by atoms with van der Waals surface area (Å²) in [5, 5.41) is 2.88. The van der Waals surface area contributed by atoms with E-state index in [9.17, 15) is 9.59 Å². The Hall–Kier alpha value is -3.12. The van der Waals surface area contributed by atoms with Gasteiger partial charge in [-0.15, -0.1) is 0 Å². The zero-order valence-corrected chi connectivity index (χ0v) is 20.1. The van der Waals surface area contributed by atoms with Crippen LogP contribution in [0, 0.1) is 5.92 Å². The molecule has 5 nitrogen and oxygen atoms in total. The second kappa shape index (κ2) is 11.0. The van der Waals surface area contributed by atoms with Crippen LogP contribution in [0.4, 0.5) is 5.69 Å². The molecular formula is C26H27BrN2O3. The summed E-state index contributed by atoms with van der Waals surface area (Å²) in [5.41, 5.74) is 2.41. The van der Waals surface area contributed by atoms with E-state index >= 15 is 0 Å². The molecule has 0 bridgehead atoms. The number of para-hydroxylation sites is 1. The molecular weight excluding hydrogens is 468 g/mol. The maximum absolute atomic E-state index is 13.1. The molecule has 166 valence electrons. The zero-order chi connectivity index (χ0) is 23.1. The minimum absolute atomic E-state index is 0.164. The first-order valence-electron chi connectivity index (χ1n) is 10.5.